The summed E-state index contributed by atoms with van der Waals surface area (Å²) in [6, 6.07) is 0. The molecule has 0 aliphatic carbocycles. The molecule has 0 aromatic heterocycles. The number of allylic oxidation sites excluding steroid dienone is 1. The first-order valence-electron chi connectivity index (χ1n) is 2.90. The Morgan fingerprint density at radius 2 is 2.22 bits per heavy atom. The fourth-order valence-corrected chi connectivity index (χ4v) is 0.574. The van der Waals surface area contributed by atoms with E-state index >= 15 is 0 Å². The third-order valence-electron chi connectivity index (χ3n) is 1.13. The van der Waals surface area contributed by atoms with E-state index in [1.165, 1.54) is 0 Å². The summed E-state index contributed by atoms with van der Waals surface area (Å²) >= 11 is 0. The summed E-state index contributed by atoms with van der Waals surface area (Å²) < 4.78 is 0. The van der Waals surface area contributed by atoms with Crippen LogP contribution in [0.5, 0.6) is 0 Å². The number of aliphatic imine (C=N–C) groups is 1. The topological polar surface area (TPSA) is 15.6 Å². The number of hydrogen-bond donors (Lipinski definition) is 0. The summed E-state index contributed by atoms with van der Waals surface area (Å²) in [5, 5.41) is 0. The van der Waals surface area contributed by atoms with Gasteiger partial charge in [-0.05, 0) is 13.0 Å². The summed E-state index contributed by atoms with van der Waals surface area (Å²) in [7, 11) is 1.97. The van der Waals surface area contributed by atoms with E-state index in [4.69, 9.17) is 0 Å². The minimum Gasteiger partial charge on any atom is -0.356 e. The molecule has 1 aliphatic heterocycles. The van der Waals surface area contributed by atoms with Crippen molar-refractivity contribution in [1.29, 1.82) is 0 Å². The molecule has 0 saturated carbocycles. The van der Waals surface area contributed by atoms with Crippen molar-refractivity contribution < 1.29 is 0 Å². The second-order valence-electron chi connectivity index (χ2n) is 2.05. The van der Waals surface area contributed by atoms with Crippen LogP contribution in [0.2, 0.25) is 0 Å². The fourth-order valence-electron chi connectivity index (χ4n) is 0.574. The van der Waals surface area contributed by atoms with Gasteiger partial charge in [-0.3, -0.25) is 4.99 Å². The van der Waals surface area contributed by atoms with E-state index in [-0.39, 0.29) is 0 Å². The molecule has 0 atom stereocenters. The monoisotopic (exact) mass is 122 g/mol. The molecular formula is C7H10N2. The van der Waals surface area contributed by atoms with Crippen molar-refractivity contribution in [2.24, 2.45) is 4.99 Å². The molecule has 1 aliphatic rings. The molecule has 0 N–H and O–H groups in total. The van der Waals surface area contributed by atoms with E-state index in [9.17, 15) is 0 Å². The molecule has 2 heteroatoms. The van der Waals surface area contributed by atoms with Crippen LogP contribution in [0.25, 0.3) is 0 Å². The first-order valence-corrected chi connectivity index (χ1v) is 2.90. The maximum absolute atomic E-state index is 4.08. The first kappa shape index (κ1) is 6.08. The Morgan fingerprint density at radius 3 is 3.00 bits per heavy atom. The second kappa shape index (κ2) is 2.49. The highest BCUT2D eigenvalue weighted by Gasteiger charge is 1.87. The molecule has 0 spiro atoms. The van der Waals surface area contributed by atoms with Gasteiger partial charge in [0.2, 0.25) is 0 Å². The minimum absolute atomic E-state index is 1.04. The highest BCUT2D eigenvalue weighted by atomic mass is 15.1. The Kier molecular flexibility index (Phi) is 1.68. The second-order valence-corrected chi connectivity index (χ2v) is 2.05. The van der Waals surface area contributed by atoms with Crippen LogP contribution in [-0.2, 0) is 0 Å². The number of hydrogen-bond acceptors (Lipinski definition) is 2. The Hall–Kier alpha value is -1.05. The summed E-state index contributed by atoms with van der Waals surface area (Å²) in [6.07, 6.45) is 7.64. The van der Waals surface area contributed by atoms with Crippen LogP contribution < -0.4 is 0 Å². The van der Waals surface area contributed by atoms with Gasteiger partial charge in [0.05, 0.1) is 0 Å². The van der Waals surface area contributed by atoms with Gasteiger partial charge in [-0.15, -0.1) is 0 Å². The molecule has 0 saturated heterocycles. The predicted molar refractivity (Wildman–Crippen MR) is 39.2 cm³/mol. The molecule has 1 rings (SSSR count). The highest BCUT2D eigenvalue weighted by Crippen LogP contribution is 1.94. The molecule has 0 aromatic carbocycles. The normalized spacial score (nSPS) is 17.6. The summed E-state index contributed by atoms with van der Waals surface area (Å²) in [4.78, 5) is 6.04. The lowest BCUT2D eigenvalue weighted by atomic mass is 10.4. The van der Waals surface area contributed by atoms with Gasteiger partial charge in [0.15, 0.2) is 0 Å². The molecule has 0 aromatic rings. The maximum Gasteiger partial charge on any atom is 0.0433 e. The third-order valence-corrected chi connectivity index (χ3v) is 1.13. The van der Waals surface area contributed by atoms with E-state index in [2.05, 4.69) is 4.99 Å². The Bertz CT molecular complexity index is 177. The molecule has 1 heterocycles. The van der Waals surface area contributed by atoms with Crippen molar-refractivity contribution in [1.82, 2.24) is 4.90 Å². The molecule has 0 radical (unpaired) electrons. The van der Waals surface area contributed by atoms with Gasteiger partial charge in [0.1, 0.15) is 0 Å². The zero-order valence-electron chi connectivity index (χ0n) is 5.70. The molecule has 0 amide bonds. The lowest BCUT2D eigenvalue weighted by Crippen LogP contribution is -1.98. The van der Waals surface area contributed by atoms with Crippen LogP contribution in [0.4, 0.5) is 0 Å². The van der Waals surface area contributed by atoms with Gasteiger partial charge in [-0.2, -0.15) is 0 Å². The number of rotatable bonds is 0. The van der Waals surface area contributed by atoms with E-state index < -0.39 is 0 Å². The first-order chi connectivity index (χ1) is 4.29. The quantitative estimate of drug-likeness (QED) is 0.474. The predicted octanol–water partition coefficient (Wildman–Crippen LogP) is 1.38. The third kappa shape index (κ3) is 1.72. The molecular weight excluding hydrogens is 112 g/mol. The van der Waals surface area contributed by atoms with E-state index in [1.54, 1.807) is 6.20 Å². The molecule has 0 bridgehead atoms. The van der Waals surface area contributed by atoms with E-state index in [0.29, 0.717) is 0 Å². The lowest BCUT2D eigenvalue weighted by Gasteiger charge is -2.01. The van der Waals surface area contributed by atoms with Gasteiger partial charge in [-0.1, -0.05) is 0 Å². The van der Waals surface area contributed by atoms with Crippen molar-refractivity contribution in [3.63, 3.8) is 0 Å². The summed E-state index contributed by atoms with van der Waals surface area (Å²) in [5.74, 6) is 0. The standard InChI is InChI=1S/C7H10N2/c1-7-3-5-9(2)6-4-8-7/h3-6H,1-2H3. The van der Waals surface area contributed by atoms with Gasteiger partial charge in [0.25, 0.3) is 0 Å². The fraction of sp³-hybridized carbons (Fsp3) is 0.286. The average Bonchev–Trinajstić information content (AvgIpc) is 1.97. The molecule has 2 nitrogen and oxygen atoms in total. The van der Waals surface area contributed by atoms with Gasteiger partial charge < -0.3 is 4.90 Å². The van der Waals surface area contributed by atoms with Crippen molar-refractivity contribution in [2.75, 3.05) is 7.05 Å². The zero-order valence-corrected chi connectivity index (χ0v) is 5.70. The SMILES string of the molecule is CC1=NC=CN(C)C=C1. The molecule has 0 unspecified atom stereocenters. The molecule has 9 heavy (non-hydrogen) atoms. The highest BCUT2D eigenvalue weighted by molar-refractivity contribution is 5.93. The maximum atomic E-state index is 4.08. The Morgan fingerprint density at radius 1 is 1.44 bits per heavy atom. The Balaban J connectivity index is 2.75. The van der Waals surface area contributed by atoms with Crippen LogP contribution in [0.3, 0.4) is 0 Å². The Labute approximate surface area is 55.2 Å². The molecule has 48 valence electrons. The van der Waals surface area contributed by atoms with Gasteiger partial charge >= 0.3 is 0 Å². The van der Waals surface area contributed by atoms with E-state index in [0.717, 1.165) is 5.71 Å². The summed E-state index contributed by atoms with van der Waals surface area (Å²) in [6.45, 7) is 1.97. The smallest absolute Gasteiger partial charge is 0.0433 e. The van der Waals surface area contributed by atoms with Crippen LogP contribution in [-0.4, -0.2) is 17.7 Å². The van der Waals surface area contributed by atoms with Gasteiger partial charge in [-0.25, -0.2) is 0 Å². The van der Waals surface area contributed by atoms with Crippen molar-refractivity contribution in [3.05, 3.63) is 24.7 Å². The average molecular weight is 122 g/mol. The van der Waals surface area contributed by atoms with E-state index in [1.807, 2.05) is 37.3 Å². The van der Waals surface area contributed by atoms with Gasteiger partial charge in [0, 0.05) is 31.4 Å². The van der Waals surface area contributed by atoms with Crippen LogP contribution in [0, 0.1) is 0 Å². The van der Waals surface area contributed by atoms with Crippen molar-refractivity contribution in [3.8, 4) is 0 Å². The van der Waals surface area contributed by atoms with Crippen molar-refractivity contribution >= 4 is 5.71 Å². The molecule has 0 fully saturated rings. The van der Waals surface area contributed by atoms with Crippen LogP contribution >= 0.6 is 0 Å². The number of nitrogens with zero attached hydrogens (tertiary/aromatic N) is 2. The largest absolute Gasteiger partial charge is 0.356 e. The zero-order chi connectivity index (χ0) is 6.69. The van der Waals surface area contributed by atoms with Crippen LogP contribution in [0.1, 0.15) is 6.92 Å². The minimum atomic E-state index is 1.04. The van der Waals surface area contributed by atoms with Crippen LogP contribution in [0.15, 0.2) is 29.7 Å². The lowest BCUT2D eigenvalue weighted by molar-refractivity contribution is 0.626. The summed E-state index contributed by atoms with van der Waals surface area (Å²) in [5.41, 5.74) is 1.04. The van der Waals surface area contributed by atoms with Crippen molar-refractivity contribution in [2.45, 2.75) is 6.92 Å².